The van der Waals surface area contributed by atoms with Crippen LogP contribution in [-0.4, -0.2) is 70.0 Å². The molecule has 0 saturated carbocycles. The van der Waals surface area contributed by atoms with Gasteiger partial charge in [0.2, 0.25) is 0 Å². The normalized spacial score (nSPS) is 24.1. The van der Waals surface area contributed by atoms with Gasteiger partial charge in [0.25, 0.3) is 0 Å². The number of likely N-dealkylation sites (tertiary alicyclic amines) is 1. The molecule has 2 saturated heterocycles. The first-order chi connectivity index (χ1) is 16.3. The zero-order chi connectivity index (χ0) is 22.2. The molecule has 7 heteroatoms. The zero-order valence-electron chi connectivity index (χ0n) is 19.4. The number of pyridine rings is 2. The van der Waals surface area contributed by atoms with Gasteiger partial charge < -0.3 is 10.6 Å². The predicted molar refractivity (Wildman–Crippen MR) is 131 cm³/mol. The van der Waals surface area contributed by atoms with Crippen molar-refractivity contribution in [1.82, 2.24) is 24.2 Å². The maximum Gasteiger partial charge on any atom is 0.138 e. The van der Waals surface area contributed by atoms with Crippen molar-refractivity contribution in [2.45, 2.75) is 38.3 Å². The highest BCUT2D eigenvalue weighted by Gasteiger charge is 2.37. The van der Waals surface area contributed by atoms with Crippen molar-refractivity contribution in [3.63, 3.8) is 0 Å². The average Bonchev–Trinajstić information content (AvgIpc) is 3.27. The molecule has 7 nitrogen and oxygen atoms in total. The van der Waals surface area contributed by atoms with Gasteiger partial charge in [0.05, 0.1) is 17.4 Å². The molecule has 3 aliphatic rings. The third kappa shape index (κ3) is 4.03. The Hall–Kier alpha value is -2.48. The second-order valence-electron chi connectivity index (χ2n) is 9.87. The van der Waals surface area contributed by atoms with Crippen LogP contribution < -0.4 is 10.6 Å². The number of anilines is 1. The minimum absolute atomic E-state index is 0.434. The van der Waals surface area contributed by atoms with Crippen molar-refractivity contribution in [3.8, 4) is 0 Å². The van der Waals surface area contributed by atoms with E-state index in [-0.39, 0.29) is 0 Å². The largest absolute Gasteiger partial charge is 0.355 e. The summed E-state index contributed by atoms with van der Waals surface area (Å²) >= 11 is 0. The molecule has 0 spiro atoms. The van der Waals surface area contributed by atoms with Gasteiger partial charge in [-0.1, -0.05) is 12.1 Å². The Morgan fingerprint density at radius 1 is 1.00 bits per heavy atom. The lowest BCUT2D eigenvalue weighted by Gasteiger charge is -2.44. The van der Waals surface area contributed by atoms with Crippen molar-refractivity contribution < 1.29 is 0 Å². The molecule has 2 aliphatic heterocycles. The summed E-state index contributed by atoms with van der Waals surface area (Å²) in [4.78, 5) is 17.5. The fourth-order valence-electron chi connectivity index (χ4n) is 6.27. The topological polar surface area (TPSA) is 65.9 Å². The number of imidazole rings is 1. The highest BCUT2D eigenvalue weighted by molar-refractivity contribution is 5.53. The van der Waals surface area contributed by atoms with Crippen LogP contribution in [0.4, 0.5) is 5.82 Å². The number of fused-ring (bicyclic) bond motifs is 4. The van der Waals surface area contributed by atoms with E-state index in [0.717, 1.165) is 69.6 Å². The Balaban J connectivity index is 1.25. The Bertz CT molecular complexity index is 1100. The highest BCUT2D eigenvalue weighted by Crippen LogP contribution is 2.43. The number of rotatable bonds is 5. The van der Waals surface area contributed by atoms with Crippen LogP contribution >= 0.6 is 0 Å². The van der Waals surface area contributed by atoms with E-state index >= 15 is 0 Å². The maximum atomic E-state index is 5.75. The first-order valence-electron chi connectivity index (χ1n) is 12.6. The number of nitrogens with zero attached hydrogens (tertiary/aromatic N) is 6. The molecule has 5 heterocycles. The summed E-state index contributed by atoms with van der Waals surface area (Å²) in [5.41, 5.74) is 10.7. The molecule has 0 bridgehead atoms. The number of aryl methyl sites for hydroxylation is 1. The SMILES string of the molecule is NCCN1CCN(c2cccc3nc(CN4CCC[C@H]5CCc6cccnc6[C@H]54)cn23)CC1. The van der Waals surface area contributed by atoms with Crippen LogP contribution in [0, 0.1) is 5.92 Å². The molecule has 2 N–H and O–H groups in total. The quantitative estimate of drug-likeness (QED) is 0.652. The van der Waals surface area contributed by atoms with Gasteiger partial charge in [-0.25, -0.2) is 4.98 Å². The number of hydrogen-bond acceptors (Lipinski definition) is 6. The van der Waals surface area contributed by atoms with E-state index in [1.165, 1.54) is 42.8 Å². The molecule has 2 atom stereocenters. The second kappa shape index (κ2) is 9.05. The summed E-state index contributed by atoms with van der Waals surface area (Å²) in [6.45, 7) is 7.94. The summed E-state index contributed by atoms with van der Waals surface area (Å²) in [5.74, 6) is 1.97. The van der Waals surface area contributed by atoms with Crippen molar-refractivity contribution in [2.75, 3.05) is 50.7 Å². The molecule has 3 aromatic heterocycles. The van der Waals surface area contributed by atoms with E-state index in [1.54, 1.807) is 0 Å². The molecule has 33 heavy (non-hydrogen) atoms. The van der Waals surface area contributed by atoms with Crippen molar-refractivity contribution in [1.29, 1.82) is 0 Å². The maximum absolute atomic E-state index is 5.75. The molecule has 0 aromatic carbocycles. The Labute approximate surface area is 196 Å². The molecule has 2 fully saturated rings. The summed E-state index contributed by atoms with van der Waals surface area (Å²) in [6, 6.07) is 11.3. The van der Waals surface area contributed by atoms with E-state index in [2.05, 4.69) is 55.6 Å². The van der Waals surface area contributed by atoms with Gasteiger partial charge in [-0.15, -0.1) is 0 Å². The van der Waals surface area contributed by atoms with Crippen LogP contribution in [0.3, 0.4) is 0 Å². The van der Waals surface area contributed by atoms with Crippen molar-refractivity contribution >= 4 is 11.5 Å². The third-order valence-electron chi connectivity index (χ3n) is 7.88. The van der Waals surface area contributed by atoms with Gasteiger partial charge in [0.1, 0.15) is 11.5 Å². The highest BCUT2D eigenvalue weighted by atomic mass is 15.3. The van der Waals surface area contributed by atoms with Crippen LogP contribution in [0.1, 0.15) is 42.3 Å². The molecular formula is C26H35N7. The molecular weight excluding hydrogens is 410 g/mol. The van der Waals surface area contributed by atoms with Gasteiger partial charge in [-0.2, -0.15) is 0 Å². The lowest BCUT2D eigenvalue weighted by molar-refractivity contribution is 0.0687. The summed E-state index contributed by atoms with van der Waals surface area (Å²) in [5, 5.41) is 0. The van der Waals surface area contributed by atoms with Crippen LogP contribution in [-0.2, 0) is 13.0 Å². The number of piperidine rings is 1. The number of aromatic nitrogens is 3. The molecule has 1 aliphatic carbocycles. The Kier molecular flexibility index (Phi) is 5.78. The second-order valence-corrected chi connectivity index (χ2v) is 9.87. The van der Waals surface area contributed by atoms with Gasteiger partial charge in [0, 0.05) is 58.2 Å². The lowest BCUT2D eigenvalue weighted by atomic mass is 9.77. The van der Waals surface area contributed by atoms with Crippen LogP contribution in [0.25, 0.3) is 5.65 Å². The first-order valence-corrected chi connectivity index (χ1v) is 12.6. The molecule has 0 amide bonds. The lowest BCUT2D eigenvalue weighted by Crippen LogP contribution is -2.48. The number of piperazine rings is 1. The molecule has 174 valence electrons. The van der Waals surface area contributed by atoms with Gasteiger partial charge >= 0.3 is 0 Å². The zero-order valence-corrected chi connectivity index (χ0v) is 19.4. The van der Waals surface area contributed by atoms with Gasteiger partial charge in [-0.05, 0) is 61.9 Å². The summed E-state index contributed by atoms with van der Waals surface area (Å²) < 4.78 is 2.29. The van der Waals surface area contributed by atoms with Crippen LogP contribution in [0.15, 0.2) is 42.7 Å². The smallest absolute Gasteiger partial charge is 0.138 e. The number of hydrogen-bond donors (Lipinski definition) is 1. The fourth-order valence-corrected chi connectivity index (χ4v) is 6.27. The van der Waals surface area contributed by atoms with Crippen molar-refractivity contribution in [3.05, 3.63) is 59.7 Å². The van der Waals surface area contributed by atoms with Crippen LogP contribution in [0.2, 0.25) is 0 Å². The molecule has 3 aromatic rings. The van der Waals surface area contributed by atoms with E-state index in [9.17, 15) is 0 Å². The molecule has 0 unspecified atom stereocenters. The minimum atomic E-state index is 0.434. The molecule has 6 rings (SSSR count). The average molecular weight is 446 g/mol. The Morgan fingerprint density at radius 3 is 2.79 bits per heavy atom. The van der Waals surface area contributed by atoms with E-state index in [0.29, 0.717) is 6.04 Å². The third-order valence-corrected chi connectivity index (χ3v) is 7.88. The van der Waals surface area contributed by atoms with Crippen molar-refractivity contribution in [2.24, 2.45) is 11.7 Å². The minimum Gasteiger partial charge on any atom is -0.355 e. The fraction of sp³-hybridized carbons (Fsp3) is 0.538. The standard InChI is InChI=1S/C26H35N7/c27-10-13-30-14-16-31(17-15-30)24-7-1-6-23-29-22(19-33(23)24)18-32-12-3-5-21-9-8-20-4-2-11-28-25(20)26(21)32/h1-2,4,6-7,11,19,21,26H,3,5,8-10,12-18,27H2/t21-,26-/m0/s1. The predicted octanol–water partition coefficient (Wildman–Crippen LogP) is 2.71. The van der Waals surface area contributed by atoms with E-state index < -0.39 is 0 Å². The number of nitrogens with two attached hydrogens (primary N) is 1. The van der Waals surface area contributed by atoms with Gasteiger partial charge in [0.15, 0.2) is 0 Å². The Morgan fingerprint density at radius 2 is 1.91 bits per heavy atom. The van der Waals surface area contributed by atoms with Crippen LogP contribution in [0.5, 0.6) is 0 Å². The van der Waals surface area contributed by atoms with E-state index in [1.807, 2.05) is 6.20 Å². The molecule has 0 radical (unpaired) electrons. The first kappa shape index (κ1) is 21.1. The summed E-state index contributed by atoms with van der Waals surface area (Å²) in [6.07, 6.45) is 9.29. The monoisotopic (exact) mass is 445 g/mol. The summed E-state index contributed by atoms with van der Waals surface area (Å²) in [7, 11) is 0. The van der Waals surface area contributed by atoms with Gasteiger partial charge in [-0.3, -0.25) is 19.2 Å². The van der Waals surface area contributed by atoms with E-state index in [4.69, 9.17) is 15.7 Å².